The molecule has 0 fully saturated rings. The lowest BCUT2D eigenvalue weighted by atomic mass is 10.1. The molecule has 7 nitrogen and oxygen atoms in total. The van der Waals surface area contributed by atoms with Gasteiger partial charge in [0.1, 0.15) is 11.5 Å². The lowest BCUT2D eigenvalue weighted by Gasteiger charge is -2.19. The molecule has 2 aromatic rings. The van der Waals surface area contributed by atoms with Crippen molar-refractivity contribution < 1.29 is 37.0 Å². The Balaban J connectivity index is 1.71. The van der Waals surface area contributed by atoms with Crippen molar-refractivity contribution in [1.82, 2.24) is 4.90 Å². The van der Waals surface area contributed by atoms with Crippen LogP contribution in [0.1, 0.15) is 15.9 Å². The Hall–Kier alpha value is -3.27. The summed E-state index contributed by atoms with van der Waals surface area (Å²) in [6.45, 7) is 0.924. The summed E-state index contributed by atoms with van der Waals surface area (Å²) in [4.78, 5) is 26.3. The van der Waals surface area contributed by atoms with Crippen LogP contribution in [0.3, 0.4) is 0 Å². The van der Waals surface area contributed by atoms with Crippen molar-refractivity contribution in [2.24, 2.45) is 0 Å². The molecule has 0 aliphatic carbocycles. The number of halogens is 3. The fourth-order valence-electron chi connectivity index (χ4n) is 2.86. The first-order chi connectivity index (χ1) is 14.2. The molecule has 1 heterocycles. The van der Waals surface area contributed by atoms with E-state index in [1.165, 1.54) is 19.2 Å². The van der Waals surface area contributed by atoms with E-state index in [0.29, 0.717) is 35.7 Å². The van der Waals surface area contributed by atoms with Crippen LogP contribution in [0.2, 0.25) is 0 Å². The van der Waals surface area contributed by atoms with Gasteiger partial charge in [0.25, 0.3) is 11.8 Å². The lowest BCUT2D eigenvalue weighted by Crippen LogP contribution is -2.34. The number of nitrogens with zero attached hydrogens (tertiary/aromatic N) is 1. The second-order valence-electron chi connectivity index (χ2n) is 6.45. The van der Waals surface area contributed by atoms with Gasteiger partial charge in [0, 0.05) is 37.0 Å². The molecule has 1 aliphatic rings. The highest BCUT2D eigenvalue weighted by Gasteiger charge is 2.31. The van der Waals surface area contributed by atoms with E-state index in [2.05, 4.69) is 10.1 Å². The summed E-state index contributed by atoms with van der Waals surface area (Å²) in [5.74, 6) is -0.520. The highest BCUT2D eigenvalue weighted by molar-refractivity contribution is 6.04. The molecule has 0 radical (unpaired) electrons. The number of rotatable bonds is 6. The monoisotopic (exact) mass is 424 g/mol. The number of benzene rings is 2. The number of ether oxygens (including phenoxy) is 3. The van der Waals surface area contributed by atoms with Crippen LogP contribution in [0.15, 0.2) is 42.5 Å². The van der Waals surface area contributed by atoms with Gasteiger partial charge in [-0.3, -0.25) is 9.59 Å². The Morgan fingerprint density at radius 1 is 1.20 bits per heavy atom. The van der Waals surface area contributed by atoms with Gasteiger partial charge in [0.2, 0.25) is 0 Å². The normalized spacial score (nSPS) is 13.9. The van der Waals surface area contributed by atoms with Crippen LogP contribution >= 0.6 is 0 Å². The molecule has 0 spiro atoms. The van der Waals surface area contributed by atoms with Gasteiger partial charge in [-0.05, 0) is 42.5 Å². The summed E-state index contributed by atoms with van der Waals surface area (Å²) in [6, 6.07) is 9.58. The van der Waals surface area contributed by atoms with Crippen LogP contribution in [0.25, 0.3) is 0 Å². The molecule has 0 bridgehead atoms. The molecule has 10 heteroatoms. The van der Waals surface area contributed by atoms with Gasteiger partial charge in [0.15, 0.2) is 6.61 Å². The average Bonchev–Trinajstić information content (AvgIpc) is 2.85. The third-order valence-electron chi connectivity index (χ3n) is 4.30. The van der Waals surface area contributed by atoms with E-state index < -0.39 is 12.3 Å². The second-order valence-corrected chi connectivity index (χ2v) is 6.45. The number of fused-ring (bicyclic) bond motifs is 1. The first-order valence-electron chi connectivity index (χ1n) is 8.95. The fraction of sp³-hybridized carbons (Fsp3) is 0.300. The standard InChI is InChI=1S/C20H19F3N2O5/c1-28-9-8-25-11-14-10-13(2-7-17(14)29-12-18(25)26)19(27)24-15-3-5-16(6-4-15)30-20(21,22)23/h2-7,10H,8-9,11-12H2,1H3,(H,24,27). The van der Waals surface area contributed by atoms with Crippen molar-refractivity contribution in [1.29, 1.82) is 0 Å². The molecule has 160 valence electrons. The molecule has 0 saturated heterocycles. The van der Waals surface area contributed by atoms with E-state index in [1.807, 2.05) is 0 Å². The fourth-order valence-corrected chi connectivity index (χ4v) is 2.86. The van der Waals surface area contributed by atoms with E-state index in [4.69, 9.17) is 9.47 Å². The zero-order valence-electron chi connectivity index (χ0n) is 16.0. The average molecular weight is 424 g/mol. The Morgan fingerprint density at radius 2 is 1.93 bits per heavy atom. The molecule has 1 aliphatic heterocycles. The minimum atomic E-state index is -4.78. The number of hydrogen-bond acceptors (Lipinski definition) is 5. The van der Waals surface area contributed by atoms with Crippen LogP contribution in [0, 0.1) is 0 Å². The molecule has 0 unspecified atom stereocenters. The first-order valence-corrected chi connectivity index (χ1v) is 8.95. The minimum Gasteiger partial charge on any atom is -0.483 e. The van der Waals surface area contributed by atoms with Gasteiger partial charge in [-0.15, -0.1) is 13.2 Å². The number of hydrogen-bond donors (Lipinski definition) is 1. The molecule has 0 saturated carbocycles. The van der Waals surface area contributed by atoms with E-state index >= 15 is 0 Å². The van der Waals surface area contributed by atoms with Crippen LogP contribution in [0.4, 0.5) is 18.9 Å². The topological polar surface area (TPSA) is 77.1 Å². The summed E-state index contributed by atoms with van der Waals surface area (Å²) < 4.78 is 51.0. The lowest BCUT2D eigenvalue weighted by molar-refractivity contribution is -0.274. The molecule has 2 aromatic carbocycles. The minimum absolute atomic E-state index is 0.103. The van der Waals surface area contributed by atoms with Crippen LogP contribution in [-0.2, 0) is 16.1 Å². The van der Waals surface area contributed by atoms with Gasteiger partial charge in [-0.1, -0.05) is 0 Å². The largest absolute Gasteiger partial charge is 0.573 e. The molecule has 1 N–H and O–H groups in total. The number of amides is 2. The third kappa shape index (κ3) is 5.63. The Morgan fingerprint density at radius 3 is 2.60 bits per heavy atom. The zero-order chi connectivity index (χ0) is 21.7. The van der Waals surface area contributed by atoms with Crippen molar-refractivity contribution in [3.05, 3.63) is 53.6 Å². The van der Waals surface area contributed by atoms with E-state index in [1.54, 1.807) is 23.1 Å². The highest BCUT2D eigenvalue weighted by atomic mass is 19.4. The number of methoxy groups -OCH3 is 1. The van der Waals surface area contributed by atoms with Gasteiger partial charge in [-0.25, -0.2) is 0 Å². The summed E-state index contributed by atoms with van der Waals surface area (Å²) in [5.41, 5.74) is 1.28. The Kier molecular flexibility index (Phi) is 6.46. The maximum atomic E-state index is 12.6. The predicted molar refractivity (Wildman–Crippen MR) is 100 cm³/mol. The van der Waals surface area contributed by atoms with Crippen LogP contribution in [-0.4, -0.2) is 49.9 Å². The van der Waals surface area contributed by atoms with Gasteiger partial charge < -0.3 is 24.4 Å². The van der Waals surface area contributed by atoms with Crippen molar-refractivity contribution in [3.8, 4) is 11.5 Å². The second kappa shape index (κ2) is 9.04. The number of alkyl halides is 3. The molecular weight excluding hydrogens is 405 g/mol. The molecule has 0 atom stereocenters. The maximum Gasteiger partial charge on any atom is 0.573 e. The molecule has 0 aromatic heterocycles. The van der Waals surface area contributed by atoms with Gasteiger partial charge >= 0.3 is 6.36 Å². The summed E-state index contributed by atoms with van der Waals surface area (Å²) >= 11 is 0. The van der Waals surface area contributed by atoms with Crippen LogP contribution < -0.4 is 14.8 Å². The van der Waals surface area contributed by atoms with Gasteiger partial charge in [-0.2, -0.15) is 0 Å². The number of anilines is 1. The number of carbonyl (C=O) groups is 2. The third-order valence-corrected chi connectivity index (χ3v) is 4.30. The van der Waals surface area contributed by atoms with E-state index in [9.17, 15) is 22.8 Å². The van der Waals surface area contributed by atoms with Crippen molar-refractivity contribution >= 4 is 17.5 Å². The molecular formula is C20H19F3N2O5. The Labute approximate surface area is 170 Å². The highest BCUT2D eigenvalue weighted by Crippen LogP contribution is 2.26. The maximum absolute atomic E-state index is 12.6. The molecule has 2 amide bonds. The van der Waals surface area contributed by atoms with Crippen LogP contribution in [0.5, 0.6) is 11.5 Å². The summed E-state index contributed by atoms with van der Waals surface area (Å²) in [7, 11) is 1.54. The Bertz CT molecular complexity index is 916. The SMILES string of the molecule is COCCN1Cc2cc(C(=O)Nc3ccc(OC(F)(F)F)cc3)ccc2OCC1=O. The molecule has 30 heavy (non-hydrogen) atoms. The summed E-state index contributed by atoms with van der Waals surface area (Å²) in [5, 5.41) is 2.61. The predicted octanol–water partition coefficient (Wildman–Crippen LogP) is 3.20. The summed E-state index contributed by atoms with van der Waals surface area (Å²) in [6.07, 6.45) is -4.78. The van der Waals surface area contributed by atoms with E-state index in [0.717, 1.165) is 12.1 Å². The number of nitrogens with one attached hydrogen (secondary N) is 1. The smallest absolute Gasteiger partial charge is 0.483 e. The quantitative estimate of drug-likeness (QED) is 0.771. The van der Waals surface area contributed by atoms with Crippen molar-refractivity contribution in [2.75, 3.05) is 32.2 Å². The van der Waals surface area contributed by atoms with Crippen molar-refractivity contribution in [3.63, 3.8) is 0 Å². The van der Waals surface area contributed by atoms with E-state index in [-0.39, 0.29) is 24.8 Å². The number of carbonyl (C=O) groups excluding carboxylic acids is 2. The van der Waals surface area contributed by atoms with Gasteiger partial charge in [0.05, 0.1) is 6.61 Å². The zero-order valence-corrected chi connectivity index (χ0v) is 16.0. The first kappa shape index (κ1) is 21.4. The van der Waals surface area contributed by atoms with Crippen molar-refractivity contribution in [2.45, 2.75) is 12.9 Å². The molecule has 3 rings (SSSR count).